The van der Waals surface area contributed by atoms with Gasteiger partial charge >= 0.3 is 5.97 Å². The molecular formula is C16H18ClNO3. The van der Waals surface area contributed by atoms with Crippen molar-refractivity contribution in [3.05, 3.63) is 47.0 Å². The monoisotopic (exact) mass is 307 g/mol. The summed E-state index contributed by atoms with van der Waals surface area (Å²) < 4.78 is 0. The number of rotatable bonds is 4. The topological polar surface area (TPSA) is 66.4 Å². The molecule has 0 bridgehead atoms. The minimum absolute atomic E-state index is 0.237. The van der Waals surface area contributed by atoms with Crippen LogP contribution in [-0.4, -0.2) is 17.0 Å². The Bertz CT molecular complexity index is 570. The highest BCUT2D eigenvalue weighted by molar-refractivity contribution is 6.31. The van der Waals surface area contributed by atoms with E-state index in [4.69, 9.17) is 11.6 Å². The molecule has 1 aromatic rings. The quantitative estimate of drug-likeness (QED) is 0.840. The summed E-state index contributed by atoms with van der Waals surface area (Å²) >= 11 is 6.11. The zero-order valence-corrected chi connectivity index (χ0v) is 12.5. The summed E-state index contributed by atoms with van der Waals surface area (Å²) in [7, 11) is 0. The molecule has 21 heavy (non-hydrogen) atoms. The van der Waals surface area contributed by atoms with Crippen molar-refractivity contribution in [1.29, 1.82) is 0 Å². The fraction of sp³-hybridized carbons (Fsp3) is 0.375. The molecule has 0 fully saturated rings. The summed E-state index contributed by atoms with van der Waals surface area (Å²) in [6, 6.07) is 7.04. The van der Waals surface area contributed by atoms with Crippen molar-refractivity contribution in [1.82, 2.24) is 5.32 Å². The van der Waals surface area contributed by atoms with Gasteiger partial charge in [-0.2, -0.15) is 0 Å². The Balaban J connectivity index is 2.08. The van der Waals surface area contributed by atoms with Crippen molar-refractivity contribution in [2.75, 3.05) is 0 Å². The number of halogens is 1. The zero-order valence-electron chi connectivity index (χ0n) is 11.8. The molecule has 4 nitrogen and oxygen atoms in total. The normalized spacial score (nSPS) is 22.6. The lowest BCUT2D eigenvalue weighted by Crippen LogP contribution is -2.39. The number of benzene rings is 1. The Morgan fingerprint density at radius 2 is 1.86 bits per heavy atom. The van der Waals surface area contributed by atoms with E-state index in [0.717, 1.165) is 5.56 Å². The average Bonchev–Trinajstić information content (AvgIpc) is 2.47. The minimum Gasteiger partial charge on any atom is -0.481 e. The first-order valence-electron chi connectivity index (χ1n) is 6.93. The number of aliphatic carboxylic acids is 1. The Morgan fingerprint density at radius 1 is 1.24 bits per heavy atom. The maximum atomic E-state index is 12.4. The fourth-order valence-electron chi connectivity index (χ4n) is 2.60. The van der Waals surface area contributed by atoms with E-state index in [1.54, 1.807) is 6.07 Å². The molecule has 2 N–H and O–H groups in total. The molecule has 0 spiro atoms. The Kier molecular flexibility index (Phi) is 5.02. The van der Waals surface area contributed by atoms with Crippen LogP contribution in [0.15, 0.2) is 36.4 Å². The first-order chi connectivity index (χ1) is 10.0. The number of carboxylic acids is 1. The lowest BCUT2D eigenvalue weighted by molar-refractivity contribution is -0.147. The van der Waals surface area contributed by atoms with Gasteiger partial charge in [0.05, 0.1) is 17.9 Å². The minimum atomic E-state index is -0.926. The summed E-state index contributed by atoms with van der Waals surface area (Å²) in [4.78, 5) is 23.6. The summed E-state index contributed by atoms with van der Waals surface area (Å²) in [5.74, 6) is -2.35. The van der Waals surface area contributed by atoms with Gasteiger partial charge in [0.2, 0.25) is 5.91 Å². The SMILES string of the molecule is CC(NC(=O)C1CC=CCC1C(=O)O)c1ccccc1Cl. The summed E-state index contributed by atoms with van der Waals surface area (Å²) in [6.07, 6.45) is 4.54. The van der Waals surface area contributed by atoms with Gasteiger partial charge in [-0.25, -0.2) is 0 Å². The van der Waals surface area contributed by atoms with E-state index in [9.17, 15) is 14.7 Å². The first-order valence-corrected chi connectivity index (χ1v) is 7.31. The van der Waals surface area contributed by atoms with Crippen LogP contribution in [0.1, 0.15) is 31.4 Å². The highest BCUT2D eigenvalue weighted by atomic mass is 35.5. The summed E-state index contributed by atoms with van der Waals surface area (Å²) in [5.41, 5.74) is 0.825. The third-order valence-electron chi connectivity index (χ3n) is 3.82. The van der Waals surface area contributed by atoms with Crippen molar-refractivity contribution in [2.45, 2.75) is 25.8 Å². The lowest BCUT2D eigenvalue weighted by Gasteiger charge is -2.26. The van der Waals surface area contributed by atoms with Gasteiger partial charge in [0.15, 0.2) is 0 Å². The second-order valence-corrected chi connectivity index (χ2v) is 5.65. The number of nitrogens with one attached hydrogen (secondary N) is 1. The van der Waals surface area contributed by atoms with Gasteiger partial charge in [-0.1, -0.05) is 42.0 Å². The lowest BCUT2D eigenvalue weighted by atomic mass is 9.82. The number of hydrogen-bond acceptors (Lipinski definition) is 2. The number of carbonyl (C=O) groups is 2. The van der Waals surface area contributed by atoms with E-state index in [1.165, 1.54) is 0 Å². The average molecular weight is 308 g/mol. The molecule has 1 aliphatic rings. The number of amides is 1. The Hall–Kier alpha value is -1.81. The molecule has 112 valence electrons. The highest BCUT2D eigenvalue weighted by Gasteiger charge is 2.34. The van der Waals surface area contributed by atoms with Crippen LogP contribution in [0.3, 0.4) is 0 Å². The number of carboxylic acid groups (broad SMARTS) is 1. The number of allylic oxidation sites excluding steroid dienone is 2. The van der Waals surface area contributed by atoms with E-state index in [1.807, 2.05) is 37.3 Å². The zero-order chi connectivity index (χ0) is 15.4. The van der Waals surface area contributed by atoms with Gasteiger partial charge in [0, 0.05) is 5.02 Å². The van der Waals surface area contributed by atoms with Crippen molar-refractivity contribution in [3.63, 3.8) is 0 Å². The van der Waals surface area contributed by atoms with Crippen LogP contribution in [0.5, 0.6) is 0 Å². The predicted molar refractivity (Wildman–Crippen MR) is 81.0 cm³/mol. The molecule has 0 saturated carbocycles. The van der Waals surface area contributed by atoms with Crippen molar-refractivity contribution >= 4 is 23.5 Å². The van der Waals surface area contributed by atoms with Gasteiger partial charge in [0.25, 0.3) is 0 Å². The van der Waals surface area contributed by atoms with E-state index in [2.05, 4.69) is 5.32 Å². The van der Waals surface area contributed by atoms with Crippen LogP contribution in [-0.2, 0) is 9.59 Å². The fourth-order valence-corrected chi connectivity index (χ4v) is 2.90. The van der Waals surface area contributed by atoms with Crippen LogP contribution in [0, 0.1) is 11.8 Å². The van der Waals surface area contributed by atoms with Crippen LogP contribution in [0.2, 0.25) is 5.02 Å². The standard InChI is InChI=1S/C16H18ClNO3/c1-10(11-6-4-5-9-14(11)17)18-15(19)12-7-2-3-8-13(12)16(20)21/h2-6,9-10,12-13H,7-8H2,1H3,(H,18,19)(H,20,21). The molecule has 0 aromatic heterocycles. The number of carbonyl (C=O) groups excluding carboxylic acids is 1. The molecule has 1 aliphatic carbocycles. The molecule has 0 saturated heterocycles. The smallest absolute Gasteiger partial charge is 0.307 e. The summed E-state index contributed by atoms with van der Waals surface area (Å²) in [5, 5.41) is 12.7. The second-order valence-electron chi connectivity index (χ2n) is 5.25. The largest absolute Gasteiger partial charge is 0.481 e. The Morgan fingerprint density at radius 3 is 2.48 bits per heavy atom. The Labute approximate surface area is 128 Å². The van der Waals surface area contributed by atoms with Crippen LogP contribution < -0.4 is 5.32 Å². The van der Waals surface area contributed by atoms with Crippen LogP contribution in [0.25, 0.3) is 0 Å². The maximum Gasteiger partial charge on any atom is 0.307 e. The van der Waals surface area contributed by atoms with Crippen molar-refractivity contribution < 1.29 is 14.7 Å². The van der Waals surface area contributed by atoms with Crippen molar-refractivity contribution in [3.8, 4) is 0 Å². The molecular weight excluding hydrogens is 290 g/mol. The molecule has 5 heteroatoms. The van der Waals surface area contributed by atoms with Crippen molar-refractivity contribution in [2.24, 2.45) is 11.8 Å². The van der Waals surface area contributed by atoms with E-state index >= 15 is 0 Å². The highest BCUT2D eigenvalue weighted by Crippen LogP contribution is 2.28. The second kappa shape index (κ2) is 6.76. The summed E-state index contributed by atoms with van der Waals surface area (Å²) in [6.45, 7) is 1.84. The third-order valence-corrected chi connectivity index (χ3v) is 4.16. The number of hydrogen-bond donors (Lipinski definition) is 2. The molecule has 0 radical (unpaired) electrons. The molecule has 0 heterocycles. The molecule has 1 amide bonds. The van der Waals surface area contributed by atoms with E-state index < -0.39 is 17.8 Å². The van der Waals surface area contributed by atoms with E-state index in [0.29, 0.717) is 17.9 Å². The maximum absolute atomic E-state index is 12.4. The molecule has 0 aliphatic heterocycles. The molecule has 2 rings (SSSR count). The molecule has 3 atom stereocenters. The van der Waals surface area contributed by atoms with Gasteiger partial charge in [-0.15, -0.1) is 0 Å². The van der Waals surface area contributed by atoms with Gasteiger partial charge in [-0.3, -0.25) is 9.59 Å². The molecule has 3 unspecified atom stereocenters. The van der Waals surface area contributed by atoms with Gasteiger partial charge < -0.3 is 10.4 Å². The third kappa shape index (κ3) is 3.64. The predicted octanol–water partition coefficient (Wildman–Crippen LogP) is 3.18. The van der Waals surface area contributed by atoms with Gasteiger partial charge in [-0.05, 0) is 31.4 Å². The van der Waals surface area contributed by atoms with E-state index in [-0.39, 0.29) is 11.9 Å². The van der Waals surface area contributed by atoms with Gasteiger partial charge in [0.1, 0.15) is 0 Å². The first kappa shape index (κ1) is 15.6. The van der Waals surface area contributed by atoms with Crippen LogP contribution in [0.4, 0.5) is 0 Å². The molecule has 1 aromatic carbocycles. The van der Waals surface area contributed by atoms with Crippen LogP contribution >= 0.6 is 11.6 Å².